The summed E-state index contributed by atoms with van der Waals surface area (Å²) in [4.78, 5) is 4.38. The van der Waals surface area contributed by atoms with E-state index in [-0.39, 0.29) is 5.54 Å². The highest BCUT2D eigenvalue weighted by Gasteiger charge is 2.17. The van der Waals surface area contributed by atoms with Gasteiger partial charge in [-0.3, -0.25) is 0 Å². The van der Waals surface area contributed by atoms with Crippen molar-refractivity contribution in [2.45, 2.75) is 39.2 Å². The third-order valence-corrected chi connectivity index (χ3v) is 2.56. The number of aromatic nitrogens is 2. The van der Waals surface area contributed by atoms with Crippen molar-refractivity contribution >= 4 is 16.7 Å². The first-order valence-corrected chi connectivity index (χ1v) is 5.54. The quantitative estimate of drug-likeness (QED) is 0.802. The van der Waals surface area contributed by atoms with Crippen LogP contribution in [0.25, 0.3) is 0 Å². The SMILES string of the molecule is CC(C)c1nsc(NC(C)(C)CN)n1. The van der Waals surface area contributed by atoms with Gasteiger partial charge >= 0.3 is 0 Å². The fourth-order valence-electron chi connectivity index (χ4n) is 0.861. The minimum Gasteiger partial charge on any atom is -0.354 e. The fourth-order valence-corrected chi connectivity index (χ4v) is 1.75. The molecule has 0 amide bonds. The fraction of sp³-hybridized carbons (Fsp3) is 0.778. The lowest BCUT2D eigenvalue weighted by Gasteiger charge is -2.23. The van der Waals surface area contributed by atoms with E-state index in [1.807, 2.05) is 13.8 Å². The molecule has 1 aromatic rings. The van der Waals surface area contributed by atoms with Gasteiger partial charge in [-0.15, -0.1) is 0 Å². The van der Waals surface area contributed by atoms with E-state index in [1.54, 1.807) is 0 Å². The minimum atomic E-state index is -0.117. The highest BCUT2D eigenvalue weighted by Crippen LogP contribution is 2.20. The monoisotopic (exact) mass is 214 g/mol. The second kappa shape index (κ2) is 4.23. The molecule has 0 aliphatic carbocycles. The molecule has 1 heterocycles. The second-order valence-electron chi connectivity index (χ2n) is 4.33. The molecular formula is C9H18N4S. The van der Waals surface area contributed by atoms with Crippen LogP contribution in [0.4, 0.5) is 5.13 Å². The topological polar surface area (TPSA) is 63.8 Å². The molecule has 14 heavy (non-hydrogen) atoms. The Balaban J connectivity index is 2.69. The van der Waals surface area contributed by atoms with Crippen LogP contribution in [0.2, 0.25) is 0 Å². The van der Waals surface area contributed by atoms with Crippen molar-refractivity contribution in [3.05, 3.63) is 5.82 Å². The van der Waals surface area contributed by atoms with E-state index in [0.29, 0.717) is 12.5 Å². The van der Waals surface area contributed by atoms with Gasteiger partial charge in [0, 0.05) is 29.5 Å². The van der Waals surface area contributed by atoms with Crippen molar-refractivity contribution < 1.29 is 0 Å². The van der Waals surface area contributed by atoms with Gasteiger partial charge in [-0.25, -0.2) is 4.98 Å². The van der Waals surface area contributed by atoms with Crippen LogP contribution in [0, 0.1) is 0 Å². The van der Waals surface area contributed by atoms with Crippen molar-refractivity contribution in [1.82, 2.24) is 9.36 Å². The van der Waals surface area contributed by atoms with Crippen molar-refractivity contribution in [3.63, 3.8) is 0 Å². The molecular weight excluding hydrogens is 196 g/mol. The molecule has 0 spiro atoms. The van der Waals surface area contributed by atoms with E-state index in [4.69, 9.17) is 5.73 Å². The van der Waals surface area contributed by atoms with Crippen LogP contribution < -0.4 is 11.1 Å². The van der Waals surface area contributed by atoms with Crippen LogP contribution in [-0.2, 0) is 0 Å². The summed E-state index contributed by atoms with van der Waals surface area (Å²) in [5.41, 5.74) is 5.50. The average Bonchev–Trinajstić information content (AvgIpc) is 2.52. The smallest absolute Gasteiger partial charge is 0.203 e. The minimum absolute atomic E-state index is 0.117. The van der Waals surface area contributed by atoms with Gasteiger partial charge in [0.15, 0.2) is 0 Å². The van der Waals surface area contributed by atoms with Crippen molar-refractivity contribution in [1.29, 1.82) is 0 Å². The summed E-state index contributed by atoms with van der Waals surface area (Å²) in [6, 6.07) is 0. The van der Waals surface area contributed by atoms with E-state index in [1.165, 1.54) is 11.5 Å². The number of rotatable bonds is 4. The van der Waals surface area contributed by atoms with Crippen molar-refractivity contribution in [3.8, 4) is 0 Å². The van der Waals surface area contributed by atoms with Gasteiger partial charge < -0.3 is 11.1 Å². The molecule has 0 aliphatic rings. The predicted octanol–water partition coefficient (Wildman–Crippen LogP) is 1.81. The number of hydrogen-bond acceptors (Lipinski definition) is 5. The molecule has 0 saturated heterocycles. The highest BCUT2D eigenvalue weighted by atomic mass is 32.1. The third kappa shape index (κ3) is 2.92. The third-order valence-electron chi connectivity index (χ3n) is 1.91. The Kier molecular flexibility index (Phi) is 3.44. The van der Waals surface area contributed by atoms with E-state index >= 15 is 0 Å². The van der Waals surface area contributed by atoms with E-state index in [0.717, 1.165) is 11.0 Å². The normalized spacial score (nSPS) is 12.1. The zero-order chi connectivity index (χ0) is 10.8. The molecule has 0 aliphatic heterocycles. The molecule has 3 N–H and O–H groups in total. The van der Waals surface area contributed by atoms with Gasteiger partial charge in [-0.2, -0.15) is 4.37 Å². The molecule has 0 fully saturated rings. The summed E-state index contributed by atoms with van der Waals surface area (Å²) in [5.74, 6) is 1.27. The zero-order valence-electron chi connectivity index (χ0n) is 9.16. The van der Waals surface area contributed by atoms with E-state index < -0.39 is 0 Å². The first kappa shape index (κ1) is 11.4. The summed E-state index contributed by atoms with van der Waals surface area (Å²) >= 11 is 1.39. The molecule has 0 saturated carbocycles. The molecule has 4 nitrogen and oxygen atoms in total. The largest absolute Gasteiger partial charge is 0.354 e. The zero-order valence-corrected chi connectivity index (χ0v) is 9.98. The number of hydrogen-bond donors (Lipinski definition) is 2. The molecule has 0 aromatic carbocycles. The Bertz CT molecular complexity index is 293. The molecule has 5 heteroatoms. The van der Waals surface area contributed by atoms with Gasteiger partial charge in [-0.05, 0) is 13.8 Å². The van der Waals surface area contributed by atoms with Crippen LogP contribution in [0.5, 0.6) is 0 Å². The maximum Gasteiger partial charge on any atom is 0.203 e. The van der Waals surface area contributed by atoms with Crippen LogP contribution >= 0.6 is 11.5 Å². The first-order chi connectivity index (χ1) is 6.44. The standard InChI is InChI=1S/C9H18N4S/c1-6(2)7-11-8(14-13-7)12-9(3,4)5-10/h6H,5,10H2,1-4H3,(H,11,12,13). The lowest BCUT2D eigenvalue weighted by molar-refractivity contribution is 0.579. The van der Waals surface area contributed by atoms with Gasteiger partial charge in [-0.1, -0.05) is 13.8 Å². The molecule has 0 unspecified atom stereocenters. The maximum atomic E-state index is 5.61. The van der Waals surface area contributed by atoms with E-state index in [9.17, 15) is 0 Å². The van der Waals surface area contributed by atoms with Gasteiger partial charge in [0.2, 0.25) is 5.13 Å². The molecule has 0 radical (unpaired) electrons. The number of nitrogens with two attached hydrogens (primary N) is 1. The molecule has 0 atom stereocenters. The summed E-state index contributed by atoms with van der Waals surface area (Å²) in [6.45, 7) is 8.83. The van der Waals surface area contributed by atoms with Gasteiger partial charge in [0.25, 0.3) is 0 Å². The highest BCUT2D eigenvalue weighted by molar-refractivity contribution is 7.09. The lowest BCUT2D eigenvalue weighted by Crippen LogP contribution is -2.39. The average molecular weight is 214 g/mol. The van der Waals surface area contributed by atoms with Crippen LogP contribution in [-0.4, -0.2) is 21.4 Å². The number of nitrogens with zero attached hydrogens (tertiary/aromatic N) is 2. The van der Waals surface area contributed by atoms with Gasteiger partial charge in [0.1, 0.15) is 5.82 Å². The maximum absolute atomic E-state index is 5.61. The predicted molar refractivity (Wildman–Crippen MR) is 60.8 cm³/mol. The van der Waals surface area contributed by atoms with Gasteiger partial charge in [0.05, 0.1) is 0 Å². The summed E-state index contributed by atoms with van der Waals surface area (Å²) in [7, 11) is 0. The van der Waals surface area contributed by atoms with Crippen LogP contribution in [0.15, 0.2) is 0 Å². The Labute approximate surface area is 89.1 Å². The summed E-state index contributed by atoms with van der Waals surface area (Å²) in [6.07, 6.45) is 0. The Hall–Kier alpha value is -0.680. The number of nitrogens with one attached hydrogen (secondary N) is 1. The molecule has 0 bridgehead atoms. The first-order valence-electron chi connectivity index (χ1n) is 4.76. The van der Waals surface area contributed by atoms with E-state index in [2.05, 4.69) is 28.5 Å². The molecule has 80 valence electrons. The van der Waals surface area contributed by atoms with Crippen molar-refractivity contribution in [2.24, 2.45) is 5.73 Å². The molecule has 1 aromatic heterocycles. The van der Waals surface area contributed by atoms with Crippen LogP contribution in [0.3, 0.4) is 0 Å². The summed E-state index contributed by atoms with van der Waals surface area (Å²) in [5, 5.41) is 4.11. The Morgan fingerprint density at radius 1 is 1.50 bits per heavy atom. The molecule has 1 rings (SSSR count). The lowest BCUT2D eigenvalue weighted by atomic mass is 10.1. The number of anilines is 1. The Morgan fingerprint density at radius 3 is 2.57 bits per heavy atom. The Morgan fingerprint density at radius 2 is 2.14 bits per heavy atom. The summed E-state index contributed by atoms with van der Waals surface area (Å²) < 4.78 is 4.26. The van der Waals surface area contributed by atoms with Crippen LogP contribution in [0.1, 0.15) is 39.4 Å². The second-order valence-corrected chi connectivity index (χ2v) is 5.08. The van der Waals surface area contributed by atoms with Crippen molar-refractivity contribution in [2.75, 3.05) is 11.9 Å².